The number of hydrogen-bond acceptors (Lipinski definition) is 5. The highest BCUT2D eigenvalue weighted by molar-refractivity contribution is 6.24. The number of aryl methyl sites for hydroxylation is 2. The SMILES string of the molecule is COc1ccc(C(=O)N[C@@]2(C(F)(F)F)NC(=O)N(c3ccc(C)c(C)c3)C2=O)cc1OC. The van der Waals surface area contributed by atoms with Gasteiger partial charge in [0.2, 0.25) is 0 Å². The zero-order valence-electron chi connectivity index (χ0n) is 17.6. The molecule has 1 atom stereocenters. The Bertz CT molecular complexity index is 1100. The number of anilines is 1. The summed E-state index contributed by atoms with van der Waals surface area (Å²) in [6, 6.07) is 6.69. The number of alkyl halides is 3. The van der Waals surface area contributed by atoms with E-state index in [0.717, 1.165) is 11.6 Å². The van der Waals surface area contributed by atoms with Gasteiger partial charge < -0.3 is 14.8 Å². The zero-order chi connectivity index (χ0) is 23.8. The summed E-state index contributed by atoms with van der Waals surface area (Å²) in [5.74, 6) is -2.58. The van der Waals surface area contributed by atoms with Gasteiger partial charge in [-0.15, -0.1) is 0 Å². The van der Waals surface area contributed by atoms with E-state index >= 15 is 0 Å². The third kappa shape index (κ3) is 3.70. The lowest BCUT2D eigenvalue weighted by molar-refractivity contribution is -0.197. The second-order valence-electron chi connectivity index (χ2n) is 7.11. The number of carbonyl (C=O) groups is 3. The van der Waals surface area contributed by atoms with Gasteiger partial charge in [-0.1, -0.05) is 6.07 Å². The van der Waals surface area contributed by atoms with Gasteiger partial charge >= 0.3 is 12.2 Å². The number of nitrogens with one attached hydrogen (secondary N) is 2. The molecule has 4 amide bonds. The molecule has 1 saturated heterocycles. The van der Waals surface area contributed by atoms with Crippen LogP contribution in [-0.2, 0) is 4.79 Å². The summed E-state index contributed by atoms with van der Waals surface area (Å²) in [7, 11) is 2.64. The Morgan fingerprint density at radius 1 is 1.00 bits per heavy atom. The molecule has 0 aromatic heterocycles. The minimum atomic E-state index is -5.33. The monoisotopic (exact) mass is 451 g/mol. The van der Waals surface area contributed by atoms with E-state index in [9.17, 15) is 27.6 Å². The lowest BCUT2D eigenvalue weighted by Crippen LogP contribution is -2.69. The second kappa shape index (κ2) is 8.06. The van der Waals surface area contributed by atoms with E-state index in [2.05, 4.69) is 0 Å². The molecule has 2 N–H and O–H groups in total. The van der Waals surface area contributed by atoms with Crippen molar-refractivity contribution in [2.45, 2.75) is 25.7 Å². The molecule has 0 aliphatic carbocycles. The summed E-state index contributed by atoms with van der Waals surface area (Å²) in [6.45, 7) is 3.46. The molecule has 1 aliphatic heterocycles. The van der Waals surface area contributed by atoms with Gasteiger partial charge in [0, 0.05) is 5.56 Å². The molecule has 11 heteroatoms. The first kappa shape index (κ1) is 22.9. The Morgan fingerprint density at radius 3 is 2.22 bits per heavy atom. The Labute approximate surface area is 181 Å². The van der Waals surface area contributed by atoms with Crippen LogP contribution < -0.4 is 25.0 Å². The minimum absolute atomic E-state index is 0.0536. The van der Waals surface area contributed by atoms with Crippen molar-refractivity contribution in [3.05, 3.63) is 53.1 Å². The molecular formula is C21H20F3N3O5. The van der Waals surface area contributed by atoms with Crippen molar-refractivity contribution < 1.29 is 37.0 Å². The lowest BCUT2D eigenvalue weighted by Gasteiger charge is -2.30. The summed E-state index contributed by atoms with van der Waals surface area (Å²) >= 11 is 0. The summed E-state index contributed by atoms with van der Waals surface area (Å²) in [5, 5.41) is 3.28. The topological polar surface area (TPSA) is 97.0 Å². The van der Waals surface area contributed by atoms with Gasteiger partial charge in [-0.2, -0.15) is 13.2 Å². The van der Waals surface area contributed by atoms with Crippen LogP contribution in [0.15, 0.2) is 36.4 Å². The van der Waals surface area contributed by atoms with Crippen LogP contribution in [-0.4, -0.2) is 43.9 Å². The van der Waals surface area contributed by atoms with Crippen molar-refractivity contribution in [1.29, 1.82) is 0 Å². The first-order valence-corrected chi connectivity index (χ1v) is 9.30. The van der Waals surface area contributed by atoms with Gasteiger partial charge in [-0.3, -0.25) is 14.9 Å². The molecule has 3 rings (SSSR count). The Hall–Kier alpha value is -3.76. The fourth-order valence-corrected chi connectivity index (χ4v) is 3.20. The van der Waals surface area contributed by atoms with E-state index in [1.807, 2.05) is 0 Å². The van der Waals surface area contributed by atoms with E-state index < -0.39 is 29.7 Å². The molecule has 0 unspecified atom stereocenters. The maximum absolute atomic E-state index is 14.1. The average Bonchev–Trinajstić information content (AvgIpc) is 2.99. The predicted molar refractivity (Wildman–Crippen MR) is 108 cm³/mol. The molecule has 1 aliphatic rings. The van der Waals surface area contributed by atoms with Gasteiger partial charge in [-0.25, -0.2) is 9.69 Å². The molecular weight excluding hydrogens is 431 g/mol. The molecule has 0 bridgehead atoms. The maximum Gasteiger partial charge on any atom is 0.440 e. The largest absolute Gasteiger partial charge is 0.493 e. The second-order valence-corrected chi connectivity index (χ2v) is 7.11. The summed E-state index contributed by atoms with van der Waals surface area (Å²) in [5.41, 5.74) is -2.45. The molecule has 170 valence electrons. The normalized spacial score (nSPS) is 18.4. The fraction of sp³-hybridized carbons (Fsp3) is 0.286. The molecule has 0 radical (unpaired) electrons. The van der Waals surface area contributed by atoms with E-state index in [1.54, 1.807) is 30.5 Å². The number of urea groups is 1. The number of benzene rings is 2. The molecule has 1 heterocycles. The van der Waals surface area contributed by atoms with Crippen LogP contribution in [0.3, 0.4) is 0 Å². The average molecular weight is 451 g/mol. The van der Waals surface area contributed by atoms with Gasteiger partial charge in [-0.05, 0) is 55.3 Å². The summed E-state index contributed by atoms with van der Waals surface area (Å²) in [6.07, 6.45) is -5.33. The van der Waals surface area contributed by atoms with Crippen LogP contribution in [0.2, 0.25) is 0 Å². The Kier molecular flexibility index (Phi) is 5.77. The Balaban J connectivity index is 2.01. The van der Waals surface area contributed by atoms with Crippen LogP contribution in [0, 0.1) is 13.8 Å². The number of imide groups is 1. The smallest absolute Gasteiger partial charge is 0.440 e. The lowest BCUT2D eigenvalue weighted by atomic mass is 10.1. The van der Waals surface area contributed by atoms with E-state index in [-0.39, 0.29) is 22.7 Å². The third-order valence-corrected chi connectivity index (χ3v) is 5.14. The first-order valence-electron chi connectivity index (χ1n) is 9.30. The number of amides is 4. The summed E-state index contributed by atoms with van der Waals surface area (Å²) in [4.78, 5) is 38.4. The van der Waals surface area contributed by atoms with Gasteiger partial charge in [0.1, 0.15) is 0 Å². The molecule has 32 heavy (non-hydrogen) atoms. The highest BCUT2D eigenvalue weighted by Crippen LogP contribution is 2.37. The van der Waals surface area contributed by atoms with Crippen LogP contribution in [0.1, 0.15) is 21.5 Å². The zero-order valence-corrected chi connectivity index (χ0v) is 17.6. The number of rotatable bonds is 5. The van der Waals surface area contributed by atoms with Crippen molar-refractivity contribution in [2.75, 3.05) is 19.1 Å². The van der Waals surface area contributed by atoms with Crippen LogP contribution in [0.4, 0.5) is 23.7 Å². The molecule has 1 fully saturated rings. The highest BCUT2D eigenvalue weighted by atomic mass is 19.4. The van der Waals surface area contributed by atoms with Crippen molar-refractivity contribution in [1.82, 2.24) is 10.6 Å². The van der Waals surface area contributed by atoms with Gasteiger partial charge in [0.05, 0.1) is 19.9 Å². The molecule has 2 aromatic rings. The quantitative estimate of drug-likeness (QED) is 0.682. The molecule has 0 spiro atoms. The van der Waals surface area contributed by atoms with Crippen LogP contribution >= 0.6 is 0 Å². The number of ether oxygens (including phenoxy) is 2. The summed E-state index contributed by atoms with van der Waals surface area (Å²) < 4.78 is 52.4. The maximum atomic E-state index is 14.1. The number of halogens is 3. The van der Waals surface area contributed by atoms with Crippen molar-refractivity contribution >= 4 is 23.5 Å². The number of methoxy groups -OCH3 is 2. The molecule has 0 saturated carbocycles. The number of nitrogens with zero attached hydrogens (tertiary/aromatic N) is 1. The third-order valence-electron chi connectivity index (χ3n) is 5.14. The van der Waals surface area contributed by atoms with Gasteiger partial charge in [0.15, 0.2) is 11.5 Å². The van der Waals surface area contributed by atoms with Crippen molar-refractivity contribution in [2.24, 2.45) is 0 Å². The first-order chi connectivity index (χ1) is 14.9. The van der Waals surface area contributed by atoms with Crippen LogP contribution in [0.5, 0.6) is 11.5 Å². The minimum Gasteiger partial charge on any atom is -0.493 e. The van der Waals surface area contributed by atoms with E-state index in [4.69, 9.17) is 9.47 Å². The predicted octanol–water partition coefficient (Wildman–Crippen LogP) is 3.07. The standard InChI is InChI=1S/C21H20F3N3O5/c1-11-5-7-14(9-12(11)2)27-18(29)20(21(22,23)24,26-19(27)30)25-17(28)13-6-8-15(31-3)16(10-13)32-4/h5-10H,1-4H3,(H,25,28)(H,26,30)/t20-/m1/s1. The number of hydrogen-bond donors (Lipinski definition) is 2. The van der Waals surface area contributed by atoms with Crippen molar-refractivity contribution in [3.63, 3.8) is 0 Å². The highest BCUT2D eigenvalue weighted by Gasteiger charge is 2.69. The van der Waals surface area contributed by atoms with Crippen LogP contribution in [0.25, 0.3) is 0 Å². The van der Waals surface area contributed by atoms with Crippen molar-refractivity contribution in [3.8, 4) is 11.5 Å². The molecule has 8 nitrogen and oxygen atoms in total. The van der Waals surface area contributed by atoms with E-state index in [0.29, 0.717) is 10.5 Å². The Morgan fingerprint density at radius 2 is 1.66 bits per heavy atom. The van der Waals surface area contributed by atoms with E-state index in [1.165, 1.54) is 38.5 Å². The molecule has 2 aromatic carbocycles. The fourth-order valence-electron chi connectivity index (χ4n) is 3.20. The number of carbonyl (C=O) groups excluding carboxylic acids is 3. The van der Waals surface area contributed by atoms with Gasteiger partial charge in [0.25, 0.3) is 17.5 Å².